The Morgan fingerprint density at radius 1 is 0.868 bits per heavy atom. The first-order valence-electron chi connectivity index (χ1n) is 11.9. The van der Waals surface area contributed by atoms with Gasteiger partial charge in [0.15, 0.2) is 6.61 Å². The minimum absolute atomic E-state index is 0.148. The van der Waals surface area contributed by atoms with Crippen molar-refractivity contribution < 1.29 is 19.1 Å². The molecule has 192 valence electrons. The Morgan fingerprint density at radius 3 is 2.32 bits per heavy atom. The second kappa shape index (κ2) is 13.7. The normalized spacial score (nSPS) is 10.7. The largest absolute Gasteiger partial charge is 0.495 e. The van der Waals surface area contributed by atoms with Crippen molar-refractivity contribution in [3.63, 3.8) is 0 Å². The van der Waals surface area contributed by atoms with Crippen LogP contribution in [0.3, 0.4) is 0 Å². The average molecular weight is 526 g/mol. The quantitative estimate of drug-likeness (QED) is 0.147. The third-order valence-corrected chi connectivity index (χ3v) is 6.46. The minimum Gasteiger partial charge on any atom is -0.495 e. The number of thioether (sulfide) groups is 1. The van der Waals surface area contributed by atoms with Crippen LogP contribution in [-0.2, 0) is 10.5 Å². The van der Waals surface area contributed by atoms with E-state index in [1.54, 1.807) is 73.6 Å². The summed E-state index contributed by atoms with van der Waals surface area (Å²) >= 11 is 1.75. The second-order valence-corrected chi connectivity index (χ2v) is 9.15. The fraction of sp³-hybridized carbons (Fsp3) is 0.100. The number of hydrazone groups is 1. The topological polar surface area (TPSA) is 89.0 Å². The van der Waals surface area contributed by atoms with Gasteiger partial charge in [-0.15, -0.1) is 11.8 Å². The Labute approximate surface area is 225 Å². The molecule has 8 heteroatoms. The van der Waals surface area contributed by atoms with E-state index in [2.05, 4.69) is 28.0 Å². The number of carbonyl (C=O) groups excluding carboxylic acids is 2. The van der Waals surface area contributed by atoms with Crippen molar-refractivity contribution in [3.8, 4) is 11.5 Å². The van der Waals surface area contributed by atoms with Gasteiger partial charge in [-0.1, -0.05) is 42.5 Å². The number of hydrogen-bond acceptors (Lipinski definition) is 6. The van der Waals surface area contributed by atoms with E-state index in [-0.39, 0.29) is 18.4 Å². The molecule has 0 saturated carbocycles. The number of para-hydroxylation sites is 2. The molecular weight excluding hydrogens is 498 g/mol. The highest BCUT2D eigenvalue weighted by atomic mass is 32.2. The van der Waals surface area contributed by atoms with Gasteiger partial charge in [-0.2, -0.15) is 5.10 Å². The van der Waals surface area contributed by atoms with Gasteiger partial charge in [0.05, 0.1) is 19.0 Å². The SMILES string of the molecule is COc1ccccc1NC(=O)COc1ccc(/C=N/NC(=O)c2ccc(CSc3ccccc3)cc2)cc1. The fourth-order valence-corrected chi connectivity index (χ4v) is 4.27. The van der Waals surface area contributed by atoms with Gasteiger partial charge in [-0.3, -0.25) is 9.59 Å². The molecule has 0 aliphatic carbocycles. The van der Waals surface area contributed by atoms with Gasteiger partial charge in [0, 0.05) is 16.2 Å². The molecule has 0 fully saturated rings. The van der Waals surface area contributed by atoms with E-state index in [1.165, 1.54) is 4.90 Å². The van der Waals surface area contributed by atoms with Gasteiger partial charge >= 0.3 is 0 Å². The lowest BCUT2D eigenvalue weighted by Crippen LogP contribution is -2.20. The lowest BCUT2D eigenvalue weighted by molar-refractivity contribution is -0.118. The van der Waals surface area contributed by atoms with E-state index in [4.69, 9.17) is 9.47 Å². The van der Waals surface area contributed by atoms with E-state index in [9.17, 15) is 9.59 Å². The monoisotopic (exact) mass is 525 g/mol. The van der Waals surface area contributed by atoms with Crippen LogP contribution in [0.15, 0.2) is 113 Å². The highest BCUT2D eigenvalue weighted by Gasteiger charge is 2.08. The fourth-order valence-electron chi connectivity index (χ4n) is 3.40. The molecule has 0 spiro atoms. The number of rotatable bonds is 11. The number of amides is 2. The molecule has 2 N–H and O–H groups in total. The molecule has 0 heterocycles. The Bertz CT molecular complexity index is 1380. The summed E-state index contributed by atoms with van der Waals surface area (Å²) in [5.41, 5.74) is 5.56. The van der Waals surface area contributed by atoms with Crippen molar-refractivity contribution in [1.82, 2.24) is 5.43 Å². The molecule has 0 saturated heterocycles. The molecule has 4 rings (SSSR count). The van der Waals surface area contributed by atoms with E-state index in [0.29, 0.717) is 22.7 Å². The zero-order valence-corrected chi connectivity index (χ0v) is 21.6. The number of hydrogen-bond donors (Lipinski definition) is 2. The maximum atomic E-state index is 12.4. The van der Waals surface area contributed by atoms with Gasteiger partial charge in [0.2, 0.25) is 0 Å². The number of nitrogens with zero attached hydrogens (tertiary/aromatic N) is 1. The highest BCUT2D eigenvalue weighted by molar-refractivity contribution is 7.98. The van der Waals surface area contributed by atoms with Crippen molar-refractivity contribution in [3.05, 3.63) is 120 Å². The molecule has 0 radical (unpaired) electrons. The molecule has 2 amide bonds. The summed E-state index contributed by atoms with van der Waals surface area (Å²) in [6.45, 7) is -0.148. The lowest BCUT2D eigenvalue weighted by Gasteiger charge is -2.10. The molecule has 38 heavy (non-hydrogen) atoms. The minimum atomic E-state index is -0.300. The first-order valence-corrected chi connectivity index (χ1v) is 12.9. The van der Waals surface area contributed by atoms with Crippen LogP contribution < -0.4 is 20.2 Å². The molecule has 0 atom stereocenters. The molecule has 0 aromatic heterocycles. The molecule has 7 nitrogen and oxygen atoms in total. The second-order valence-electron chi connectivity index (χ2n) is 8.10. The van der Waals surface area contributed by atoms with Gasteiger partial charge < -0.3 is 14.8 Å². The average Bonchev–Trinajstić information content (AvgIpc) is 2.96. The van der Waals surface area contributed by atoms with Crippen LogP contribution in [0.5, 0.6) is 11.5 Å². The smallest absolute Gasteiger partial charge is 0.271 e. The summed E-state index contributed by atoms with van der Waals surface area (Å²) in [5.74, 6) is 1.35. The predicted molar refractivity (Wildman–Crippen MR) is 151 cm³/mol. The number of ether oxygens (including phenoxy) is 2. The Balaban J connectivity index is 1.20. The number of nitrogens with one attached hydrogen (secondary N) is 2. The zero-order valence-electron chi connectivity index (χ0n) is 20.8. The Morgan fingerprint density at radius 2 is 1.58 bits per heavy atom. The summed E-state index contributed by atoms with van der Waals surface area (Å²) in [4.78, 5) is 25.8. The van der Waals surface area contributed by atoms with Crippen LogP contribution in [0.4, 0.5) is 5.69 Å². The van der Waals surface area contributed by atoms with Crippen molar-refractivity contribution >= 4 is 35.5 Å². The third-order valence-electron chi connectivity index (χ3n) is 5.38. The van der Waals surface area contributed by atoms with Crippen LogP contribution in [0.2, 0.25) is 0 Å². The molecule has 0 aliphatic heterocycles. The van der Waals surface area contributed by atoms with Gasteiger partial charge in [-0.05, 0) is 71.8 Å². The molecule has 0 aliphatic rings. The number of methoxy groups -OCH3 is 1. The van der Waals surface area contributed by atoms with Gasteiger partial charge in [0.25, 0.3) is 11.8 Å². The van der Waals surface area contributed by atoms with Gasteiger partial charge in [0.1, 0.15) is 11.5 Å². The van der Waals surface area contributed by atoms with E-state index in [0.717, 1.165) is 16.9 Å². The summed E-state index contributed by atoms with van der Waals surface area (Å²) in [5, 5.41) is 6.80. The first kappa shape index (κ1) is 26.5. The predicted octanol–water partition coefficient (Wildman–Crippen LogP) is 5.77. The van der Waals surface area contributed by atoms with Crippen LogP contribution in [0.1, 0.15) is 21.5 Å². The number of anilines is 1. The van der Waals surface area contributed by atoms with E-state index in [1.807, 2.05) is 42.5 Å². The van der Waals surface area contributed by atoms with Crippen molar-refractivity contribution in [2.45, 2.75) is 10.6 Å². The van der Waals surface area contributed by atoms with Crippen molar-refractivity contribution in [1.29, 1.82) is 0 Å². The molecule has 4 aromatic carbocycles. The van der Waals surface area contributed by atoms with Crippen LogP contribution in [-0.4, -0.2) is 31.7 Å². The van der Waals surface area contributed by atoms with Crippen molar-refractivity contribution in [2.75, 3.05) is 19.0 Å². The Hall–Kier alpha value is -4.56. The molecule has 0 bridgehead atoms. The summed E-state index contributed by atoms with van der Waals surface area (Å²) in [7, 11) is 1.54. The molecular formula is C30H27N3O4S. The lowest BCUT2D eigenvalue weighted by atomic mass is 10.1. The first-order chi connectivity index (χ1) is 18.6. The summed E-state index contributed by atoms with van der Waals surface area (Å²) in [6.07, 6.45) is 1.54. The molecule has 4 aromatic rings. The standard InChI is InChI=1S/C30H27N3O4S/c1-36-28-10-6-5-9-27(28)32-29(34)20-37-25-17-13-22(14-18-25)19-31-33-30(35)24-15-11-23(12-16-24)21-38-26-7-3-2-4-8-26/h2-19H,20-21H2,1H3,(H,32,34)(H,33,35)/b31-19+. The highest BCUT2D eigenvalue weighted by Crippen LogP contribution is 2.23. The zero-order chi connectivity index (χ0) is 26.6. The summed E-state index contributed by atoms with van der Waals surface area (Å²) in [6, 6.07) is 31.8. The van der Waals surface area contributed by atoms with Crippen LogP contribution >= 0.6 is 11.8 Å². The van der Waals surface area contributed by atoms with Gasteiger partial charge in [-0.25, -0.2) is 5.43 Å². The third kappa shape index (κ3) is 7.97. The van der Waals surface area contributed by atoms with Crippen LogP contribution in [0, 0.1) is 0 Å². The van der Waals surface area contributed by atoms with E-state index < -0.39 is 0 Å². The number of carbonyl (C=O) groups is 2. The van der Waals surface area contributed by atoms with Crippen LogP contribution in [0.25, 0.3) is 0 Å². The molecule has 0 unspecified atom stereocenters. The van der Waals surface area contributed by atoms with Crippen molar-refractivity contribution in [2.24, 2.45) is 5.10 Å². The maximum Gasteiger partial charge on any atom is 0.271 e. The maximum absolute atomic E-state index is 12.4. The number of benzene rings is 4. The Kier molecular flexibility index (Phi) is 9.53. The van der Waals surface area contributed by atoms with E-state index >= 15 is 0 Å². The summed E-state index contributed by atoms with van der Waals surface area (Å²) < 4.78 is 10.8.